The van der Waals surface area contributed by atoms with E-state index in [1.54, 1.807) is 0 Å². The molecule has 1 atom stereocenters. The molecule has 0 fully saturated rings. The fraction of sp³-hybridized carbons (Fsp3) is 0.375. The largest absolute Gasteiger partial charge is 0.388 e. The van der Waals surface area contributed by atoms with Crippen molar-refractivity contribution in [3.8, 4) is 0 Å². The third-order valence-electron chi connectivity index (χ3n) is 3.87. The van der Waals surface area contributed by atoms with Crippen LogP contribution in [0.15, 0.2) is 40.2 Å². The minimum Gasteiger partial charge on any atom is -0.388 e. The zero-order chi connectivity index (χ0) is 13.9. The van der Waals surface area contributed by atoms with Gasteiger partial charge >= 0.3 is 0 Å². The number of aliphatic hydroxyl groups is 1. The highest BCUT2D eigenvalue weighted by atomic mass is 79.9. The Labute approximate surface area is 132 Å². The lowest BCUT2D eigenvalue weighted by atomic mass is 10.1. The molecule has 1 N–H and O–H groups in total. The van der Waals surface area contributed by atoms with Gasteiger partial charge in [0.05, 0.1) is 6.10 Å². The van der Waals surface area contributed by atoms with Gasteiger partial charge in [-0.15, -0.1) is 11.3 Å². The first-order chi connectivity index (χ1) is 9.74. The number of halogens is 1. The quantitative estimate of drug-likeness (QED) is 0.899. The highest BCUT2D eigenvalue weighted by Crippen LogP contribution is 2.27. The van der Waals surface area contributed by atoms with E-state index in [-0.39, 0.29) is 0 Å². The molecule has 4 heteroatoms. The Morgan fingerprint density at radius 1 is 1.30 bits per heavy atom. The highest BCUT2D eigenvalue weighted by Gasteiger charge is 2.18. The molecule has 0 amide bonds. The average Bonchev–Trinajstić information content (AvgIpc) is 2.92. The van der Waals surface area contributed by atoms with E-state index in [9.17, 15) is 5.11 Å². The molecular formula is C16H18BrNOS. The molecule has 2 aromatic rings. The summed E-state index contributed by atoms with van der Waals surface area (Å²) in [4.78, 5) is 3.97. The summed E-state index contributed by atoms with van der Waals surface area (Å²) >= 11 is 5.38. The maximum Gasteiger partial charge on any atom is 0.0813 e. The molecule has 0 aliphatic carbocycles. The van der Waals surface area contributed by atoms with Gasteiger partial charge in [0, 0.05) is 29.0 Å². The van der Waals surface area contributed by atoms with E-state index in [0.29, 0.717) is 0 Å². The summed E-state index contributed by atoms with van der Waals surface area (Å²) in [6.45, 7) is 3.08. The number of nitrogens with zero attached hydrogens (tertiary/aromatic N) is 1. The molecule has 1 aliphatic heterocycles. The minimum atomic E-state index is -0.394. The maximum atomic E-state index is 10.3. The number of aliphatic hydroxyl groups excluding tert-OH is 1. The Morgan fingerprint density at radius 2 is 2.15 bits per heavy atom. The molecule has 0 saturated carbocycles. The summed E-state index contributed by atoms with van der Waals surface area (Å²) in [7, 11) is 0. The van der Waals surface area contributed by atoms with Crippen LogP contribution in [0.5, 0.6) is 0 Å². The minimum absolute atomic E-state index is 0.394. The predicted molar refractivity (Wildman–Crippen MR) is 87.0 cm³/mol. The van der Waals surface area contributed by atoms with Crippen molar-refractivity contribution in [2.45, 2.75) is 25.5 Å². The number of fused-ring (bicyclic) bond motifs is 1. The highest BCUT2D eigenvalue weighted by molar-refractivity contribution is 9.10. The summed E-state index contributed by atoms with van der Waals surface area (Å²) in [6.07, 6.45) is 1.54. The molecule has 1 unspecified atom stereocenters. The standard InChI is InChI=1S/C16H18BrNOS/c17-14-4-2-1-3-13(14)15(19)5-8-18-9-6-16-12(11-18)7-10-20-16/h1-4,7,10,15,19H,5-6,8-9,11H2. The molecule has 0 spiro atoms. The second-order valence-corrected chi connectivity index (χ2v) is 7.08. The smallest absolute Gasteiger partial charge is 0.0813 e. The van der Waals surface area contributed by atoms with E-state index in [4.69, 9.17) is 0 Å². The lowest BCUT2D eigenvalue weighted by Crippen LogP contribution is -2.31. The van der Waals surface area contributed by atoms with E-state index in [1.807, 2.05) is 35.6 Å². The van der Waals surface area contributed by atoms with Gasteiger partial charge in [-0.1, -0.05) is 34.1 Å². The molecular weight excluding hydrogens is 334 g/mol. The Bertz CT molecular complexity index is 583. The molecule has 0 radical (unpaired) electrons. The van der Waals surface area contributed by atoms with E-state index in [1.165, 1.54) is 10.4 Å². The third-order valence-corrected chi connectivity index (χ3v) is 5.61. The molecule has 1 aromatic carbocycles. The fourth-order valence-electron chi connectivity index (χ4n) is 2.70. The fourth-order valence-corrected chi connectivity index (χ4v) is 4.14. The van der Waals surface area contributed by atoms with Crippen LogP contribution in [-0.4, -0.2) is 23.1 Å². The van der Waals surface area contributed by atoms with Crippen LogP contribution < -0.4 is 0 Å². The van der Waals surface area contributed by atoms with Gasteiger partial charge in [0.25, 0.3) is 0 Å². The number of benzene rings is 1. The van der Waals surface area contributed by atoms with Crippen molar-refractivity contribution in [3.05, 3.63) is 56.2 Å². The van der Waals surface area contributed by atoms with E-state index in [0.717, 1.165) is 42.5 Å². The molecule has 2 nitrogen and oxygen atoms in total. The van der Waals surface area contributed by atoms with Crippen LogP contribution >= 0.6 is 27.3 Å². The normalized spacial score (nSPS) is 16.9. The second kappa shape index (κ2) is 6.39. The van der Waals surface area contributed by atoms with Crippen LogP contribution in [0.4, 0.5) is 0 Å². The SMILES string of the molecule is OC(CCN1CCc2sccc2C1)c1ccccc1Br. The van der Waals surface area contributed by atoms with Gasteiger partial charge in [0.2, 0.25) is 0 Å². The van der Waals surface area contributed by atoms with Crippen LogP contribution in [-0.2, 0) is 13.0 Å². The first-order valence-electron chi connectivity index (χ1n) is 6.94. The van der Waals surface area contributed by atoms with E-state index >= 15 is 0 Å². The van der Waals surface area contributed by atoms with Crippen molar-refractivity contribution in [1.29, 1.82) is 0 Å². The van der Waals surface area contributed by atoms with E-state index < -0.39 is 6.10 Å². The van der Waals surface area contributed by atoms with Crippen molar-refractivity contribution in [3.63, 3.8) is 0 Å². The lowest BCUT2D eigenvalue weighted by molar-refractivity contribution is 0.137. The molecule has 1 aromatic heterocycles. The van der Waals surface area contributed by atoms with Crippen LogP contribution in [0.3, 0.4) is 0 Å². The van der Waals surface area contributed by atoms with Gasteiger partial charge in [-0.05, 0) is 41.5 Å². The molecule has 1 aliphatic rings. The summed E-state index contributed by atoms with van der Waals surface area (Å²) in [5, 5.41) is 12.5. The van der Waals surface area contributed by atoms with Crippen LogP contribution in [0, 0.1) is 0 Å². The number of thiophene rings is 1. The van der Waals surface area contributed by atoms with Crippen molar-refractivity contribution in [1.82, 2.24) is 4.90 Å². The topological polar surface area (TPSA) is 23.5 Å². The summed E-state index contributed by atoms with van der Waals surface area (Å²) < 4.78 is 0.992. The average molecular weight is 352 g/mol. The van der Waals surface area contributed by atoms with Crippen LogP contribution in [0.25, 0.3) is 0 Å². The van der Waals surface area contributed by atoms with Crippen molar-refractivity contribution >= 4 is 27.3 Å². The molecule has 0 bridgehead atoms. The first-order valence-corrected chi connectivity index (χ1v) is 8.61. The Kier molecular flexibility index (Phi) is 4.56. The van der Waals surface area contributed by atoms with Crippen molar-refractivity contribution in [2.24, 2.45) is 0 Å². The van der Waals surface area contributed by atoms with Crippen LogP contribution in [0.1, 0.15) is 28.5 Å². The van der Waals surface area contributed by atoms with Gasteiger partial charge in [-0.2, -0.15) is 0 Å². The van der Waals surface area contributed by atoms with Gasteiger partial charge in [0.15, 0.2) is 0 Å². The molecule has 106 valence electrons. The molecule has 3 rings (SSSR count). The van der Waals surface area contributed by atoms with E-state index in [2.05, 4.69) is 32.3 Å². The lowest BCUT2D eigenvalue weighted by Gasteiger charge is -2.27. The number of hydrogen-bond acceptors (Lipinski definition) is 3. The number of hydrogen-bond donors (Lipinski definition) is 1. The summed E-state index contributed by atoms with van der Waals surface area (Å²) in [5.74, 6) is 0. The molecule has 0 saturated heterocycles. The summed E-state index contributed by atoms with van der Waals surface area (Å²) in [6, 6.07) is 10.2. The Morgan fingerprint density at radius 3 is 3.00 bits per heavy atom. The maximum absolute atomic E-state index is 10.3. The van der Waals surface area contributed by atoms with Gasteiger partial charge in [-0.3, -0.25) is 4.90 Å². The van der Waals surface area contributed by atoms with Crippen molar-refractivity contribution < 1.29 is 5.11 Å². The molecule has 2 heterocycles. The first kappa shape index (κ1) is 14.3. The third kappa shape index (κ3) is 3.14. The van der Waals surface area contributed by atoms with Crippen molar-refractivity contribution in [2.75, 3.05) is 13.1 Å². The zero-order valence-electron chi connectivity index (χ0n) is 11.3. The van der Waals surface area contributed by atoms with Crippen LogP contribution in [0.2, 0.25) is 0 Å². The summed E-state index contributed by atoms with van der Waals surface area (Å²) in [5.41, 5.74) is 2.46. The van der Waals surface area contributed by atoms with Gasteiger partial charge in [0.1, 0.15) is 0 Å². The monoisotopic (exact) mass is 351 g/mol. The zero-order valence-corrected chi connectivity index (χ0v) is 13.7. The van der Waals surface area contributed by atoms with Gasteiger partial charge < -0.3 is 5.11 Å². The number of rotatable bonds is 4. The Balaban J connectivity index is 1.57. The molecule has 20 heavy (non-hydrogen) atoms. The second-order valence-electron chi connectivity index (χ2n) is 5.22. The predicted octanol–water partition coefficient (Wildman–Crippen LogP) is 3.99. The Hall–Kier alpha value is -0.680. The van der Waals surface area contributed by atoms with Gasteiger partial charge in [-0.25, -0.2) is 0 Å².